The Morgan fingerprint density at radius 1 is 1.60 bits per heavy atom. The molecule has 20 heavy (non-hydrogen) atoms. The number of aromatic amines is 1. The fourth-order valence-electron chi connectivity index (χ4n) is 1.41. The Morgan fingerprint density at radius 2 is 2.40 bits per heavy atom. The van der Waals surface area contributed by atoms with Crippen molar-refractivity contribution in [3.05, 3.63) is 35.5 Å². The number of aromatic nitrogens is 1. The summed E-state index contributed by atoms with van der Waals surface area (Å²) in [6.45, 7) is -7.87. The lowest BCUT2D eigenvalue weighted by Crippen LogP contribution is -2.20. The Hall–Kier alpha value is -1.37. The summed E-state index contributed by atoms with van der Waals surface area (Å²) in [5.74, 6) is 0. The van der Waals surface area contributed by atoms with Crippen molar-refractivity contribution < 1.29 is 29.1 Å². The molecule has 0 aliphatic rings. The number of benzene rings is 1. The third-order valence-electron chi connectivity index (χ3n) is 2.28. The molecule has 0 unspecified atom stereocenters. The van der Waals surface area contributed by atoms with Crippen LogP contribution < -0.4 is 4.72 Å². The van der Waals surface area contributed by atoms with Gasteiger partial charge in [0.1, 0.15) is 1.41 Å². The van der Waals surface area contributed by atoms with Gasteiger partial charge in [0.2, 0.25) is 10.0 Å². The fraction of sp³-hybridized carbons (Fsp3) is 0.429. The second kappa shape index (κ2) is 5.95. The number of sulfonamides is 1. The summed E-state index contributed by atoms with van der Waals surface area (Å²) < 4.78 is 142. The van der Waals surface area contributed by atoms with E-state index in [9.17, 15) is 8.42 Å². The summed E-state index contributed by atoms with van der Waals surface area (Å²) in [5.41, 5.74) is -6.06. The Labute approximate surface area is 141 Å². The predicted molar refractivity (Wildman–Crippen MR) is 82.2 cm³/mol. The van der Waals surface area contributed by atoms with Gasteiger partial charge in [-0.3, -0.25) is 0 Å². The Balaban J connectivity index is 2.95. The smallest absolute Gasteiger partial charge is 0.215 e. The maximum absolute atomic E-state index is 12.4. The molecule has 2 N–H and O–H groups in total. The number of nitrogens with one attached hydrogen (secondary N) is 2. The number of hydrogen-bond donors (Lipinski definition) is 2. The molecule has 0 spiro atoms. The highest BCUT2D eigenvalue weighted by molar-refractivity contribution is 7.88. The molecule has 0 aliphatic heterocycles. The van der Waals surface area contributed by atoms with E-state index >= 15 is 0 Å². The first kappa shape index (κ1) is 4.83. The molecule has 0 amide bonds. The maximum Gasteiger partial charge on any atom is 0.215 e. The topological polar surface area (TPSA) is 65.2 Å². The summed E-state index contributed by atoms with van der Waals surface area (Å²) >= 11 is 0. The second-order valence-corrected chi connectivity index (χ2v) is 5.19. The summed E-state index contributed by atoms with van der Waals surface area (Å²) in [5, 5.41) is -0.677. The Bertz CT molecular complexity index is 1230. The normalized spacial score (nSPS) is 26.2. The van der Waals surface area contributed by atoms with Crippen LogP contribution in [0.25, 0.3) is 10.9 Å². The molecule has 0 bridgehead atoms. The zero-order valence-corrected chi connectivity index (χ0v) is 11.2. The van der Waals surface area contributed by atoms with Crippen LogP contribution in [0.4, 0.5) is 0 Å². The number of hydrogen-bond acceptors (Lipinski definition) is 3. The van der Waals surface area contributed by atoms with Crippen molar-refractivity contribution in [2.45, 2.75) is 12.1 Å². The first-order valence-corrected chi connectivity index (χ1v) is 6.74. The van der Waals surface area contributed by atoms with E-state index in [4.69, 9.17) is 20.6 Å². The first-order chi connectivity index (χ1) is 15.4. The van der Waals surface area contributed by atoms with E-state index in [0.717, 1.165) is 0 Å². The molecule has 6 heteroatoms. The van der Waals surface area contributed by atoms with Crippen molar-refractivity contribution in [2.75, 3.05) is 27.5 Å². The summed E-state index contributed by atoms with van der Waals surface area (Å²) in [7, 11) is -4.47. The van der Waals surface area contributed by atoms with Gasteiger partial charge < -0.3 is 9.88 Å². The molecule has 1 aromatic heterocycles. The molecule has 0 atom stereocenters. The van der Waals surface area contributed by atoms with Crippen molar-refractivity contribution in [1.29, 1.82) is 0 Å². The van der Waals surface area contributed by atoms with Crippen molar-refractivity contribution >= 4 is 20.9 Å². The number of likely N-dealkylation sites (N-methyl/N-ethyl adjacent to an activating group) is 1. The summed E-state index contributed by atoms with van der Waals surface area (Å²) in [6, 6.07) is -3.11. The van der Waals surface area contributed by atoms with Gasteiger partial charge in [-0.1, -0.05) is 6.04 Å². The summed E-state index contributed by atoms with van der Waals surface area (Å²) in [6.07, 6.45) is -2.21. The Kier molecular flexibility index (Phi) is 1.44. The summed E-state index contributed by atoms with van der Waals surface area (Å²) in [4.78, 5) is 0.275. The highest BCUT2D eigenvalue weighted by Crippen LogP contribution is 2.21. The van der Waals surface area contributed by atoms with E-state index in [2.05, 4.69) is 0 Å². The molecular formula is C14H21N3O2S. The maximum atomic E-state index is 12.4. The number of H-pyrrole nitrogens is 1. The van der Waals surface area contributed by atoms with Crippen molar-refractivity contribution in [3.8, 4) is 0 Å². The molecule has 2 aromatic rings. The predicted octanol–water partition coefficient (Wildman–Crippen LogP) is 1.32. The van der Waals surface area contributed by atoms with Gasteiger partial charge in [0.15, 0.2) is 1.41 Å². The molecule has 1 heterocycles. The van der Waals surface area contributed by atoms with Crippen LogP contribution in [0.3, 0.4) is 0 Å². The molecule has 5 nitrogen and oxygen atoms in total. The van der Waals surface area contributed by atoms with E-state index in [1.54, 1.807) is 0 Å². The second-order valence-electron chi connectivity index (χ2n) is 3.67. The minimum Gasteiger partial charge on any atom is -0.361 e. The quantitative estimate of drug-likeness (QED) is 0.846. The minimum absolute atomic E-state index is 0.100. The minimum atomic E-state index is -5.15. The van der Waals surface area contributed by atoms with Crippen molar-refractivity contribution in [2.24, 2.45) is 0 Å². The molecule has 0 radical (unpaired) electrons. The third kappa shape index (κ3) is 3.59. The van der Waals surface area contributed by atoms with Gasteiger partial charge in [-0.15, -0.1) is 0 Å². The van der Waals surface area contributed by atoms with Gasteiger partial charge in [-0.05, 0) is 50.6 Å². The lowest BCUT2D eigenvalue weighted by molar-refractivity contribution is 0.414. The van der Waals surface area contributed by atoms with Gasteiger partial charge >= 0.3 is 0 Å². The standard InChI is InChI=1S/C14H21N3O2S/c1-15-20(18,19)10-11-4-5-14-13(8-11)12(9-16-14)6-7-17(2)3/h4-5,8-9,15-16H,6-7,10H2,1-3H3/i2D3,3D3,4D,5D,6D2,8D,10D2/hD2. The molecule has 110 valence electrons. The van der Waals surface area contributed by atoms with E-state index in [0.29, 0.717) is 18.2 Å². The molecule has 2 rings (SSSR count). The van der Waals surface area contributed by atoms with Gasteiger partial charge in [-0.2, -0.15) is 0 Å². The van der Waals surface area contributed by atoms with Crippen LogP contribution in [0, 0.1) is 0 Å². The van der Waals surface area contributed by atoms with E-state index < -0.39 is 82.8 Å². The van der Waals surface area contributed by atoms with Crippen LogP contribution in [0.5, 0.6) is 0 Å². The molecule has 0 saturated carbocycles. The van der Waals surface area contributed by atoms with Crippen molar-refractivity contribution in [3.63, 3.8) is 0 Å². The SMILES string of the molecule is [2H]c1c(C([2H])([2H])S(=O)(=O)N([2H])C)c([2H])c2c(C([2H])([2H])CN(C([2H])([2H])[2H])C([2H])([2H])[2H])cn([2H])c2c1[2H]. The van der Waals surface area contributed by atoms with Crippen LogP contribution in [0.15, 0.2) is 24.3 Å². The monoisotopic (exact) mass is 310 g/mol. The zero-order chi connectivity index (χ0) is 27.7. The van der Waals surface area contributed by atoms with Crippen LogP contribution in [-0.4, -0.2) is 45.8 Å². The van der Waals surface area contributed by atoms with Crippen LogP contribution in [-0.2, 0) is 22.1 Å². The average Bonchev–Trinajstić information content (AvgIpc) is 3.01. The molecular weight excluding hydrogens is 274 g/mol. The van der Waals surface area contributed by atoms with Crippen LogP contribution in [0.1, 0.15) is 28.9 Å². The molecule has 1 aromatic carbocycles. The largest absolute Gasteiger partial charge is 0.361 e. The fourth-order valence-corrected chi connectivity index (χ4v) is 1.86. The van der Waals surface area contributed by atoms with Gasteiger partial charge in [-0.25, -0.2) is 13.1 Å². The van der Waals surface area contributed by atoms with E-state index in [1.165, 1.54) is 0 Å². The van der Waals surface area contributed by atoms with Gasteiger partial charge in [0, 0.05) is 37.4 Å². The van der Waals surface area contributed by atoms with Crippen LogP contribution >= 0.6 is 0 Å². The van der Waals surface area contributed by atoms with Gasteiger partial charge in [0.25, 0.3) is 0 Å². The van der Waals surface area contributed by atoms with E-state index in [-0.39, 0.29) is 9.62 Å². The molecule has 0 saturated heterocycles. The number of nitrogens with zero attached hydrogens (tertiary/aromatic N) is 1. The third-order valence-corrected chi connectivity index (χ3v) is 3.23. The lowest BCUT2D eigenvalue weighted by Gasteiger charge is -2.08. The van der Waals surface area contributed by atoms with E-state index in [1.807, 2.05) is 0 Å². The average molecular weight is 310 g/mol. The highest BCUT2D eigenvalue weighted by Gasteiger charge is 2.11. The number of rotatable bonds is 6. The van der Waals surface area contributed by atoms with Gasteiger partial charge in [0.05, 0.1) is 9.82 Å². The molecule has 0 aliphatic carbocycles. The number of fused-ring (bicyclic) bond motifs is 1. The highest BCUT2D eigenvalue weighted by atomic mass is 32.2. The zero-order valence-electron chi connectivity index (χ0n) is 25.4. The molecule has 0 fully saturated rings. The first-order valence-electron chi connectivity index (χ1n) is 12.7. The Morgan fingerprint density at radius 3 is 3.10 bits per heavy atom. The lowest BCUT2D eigenvalue weighted by atomic mass is 10.1. The van der Waals surface area contributed by atoms with Crippen molar-refractivity contribution in [1.82, 2.24) is 14.6 Å². The van der Waals surface area contributed by atoms with Crippen LogP contribution in [0.2, 0.25) is 2.82 Å².